The molecular formula is C10H9BrF3O. The Morgan fingerprint density at radius 3 is 2.47 bits per heavy atom. The van der Waals surface area contributed by atoms with Crippen molar-refractivity contribution in [2.75, 3.05) is 0 Å². The molecule has 0 bridgehead atoms. The molecule has 0 aliphatic rings. The van der Waals surface area contributed by atoms with Gasteiger partial charge in [0.15, 0.2) is 0 Å². The summed E-state index contributed by atoms with van der Waals surface area (Å²) in [5, 5.41) is 0. The van der Waals surface area contributed by atoms with Gasteiger partial charge in [-0.1, -0.05) is 22.9 Å². The van der Waals surface area contributed by atoms with E-state index in [2.05, 4.69) is 27.6 Å². The van der Waals surface area contributed by atoms with Crippen molar-refractivity contribution < 1.29 is 17.9 Å². The van der Waals surface area contributed by atoms with Crippen LogP contribution in [-0.2, 0) is 0 Å². The Bertz CT molecular complexity index is 347. The lowest BCUT2D eigenvalue weighted by Gasteiger charge is -2.15. The van der Waals surface area contributed by atoms with Crippen molar-refractivity contribution in [3.8, 4) is 5.75 Å². The monoisotopic (exact) mass is 281 g/mol. The van der Waals surface area contributed by atoms with Crippen LogP contribution in [0.3, 0.4) is 0 Å². The number of halogens is 4. The molecular weight excluding hydrogens is 273 g/mol. The van der Waals surface area contributed by atoms with Gasteiger partial charge in [0.1, 0.15) is 5.75 Å². The van der Waals surface area contributed by atoms with Gasteiger partial charge in [-0.3, -0.25) is 0 Å². The van der Waals surface area contributed by atoms with E-state index in [9.17, 15) is 13.2 Å². The van der Waals surface area contributed by atoms with E-state index in [-0.39, 0.29) is 11.7 Å². The highest BCUT2D eigenvalue weighted by Crippen LogP contribution is 2.32. The van der Waals surface area contributed by atoms with Gasteiger partial charge in [-0.15, -0.1) is 13.2 Å². The Morgan fingerprint density at radius 1 is 1.40 bits per heavy atom. The van der Waals surface area contributed by atoms with E-state index in [0.29, 0.717) is 10.0 Å². The molecule has 0 saturated carbocycles. The van der Waals surface area contributed by atoms with Crippen molar-refractivity contribution in [1.29, 1.82) is 0 Å². The fourth-order valence-electron chi connectivity index (χ4n) is 1.12. The Morgan fingerprint density at radius 2 is 2.00 bits per heavy atom. The maximum atomic E-state index is 12.0. The topological polar surface area (TPSA) is 9.23 Å². The predicted molar refractivity (Wildman–Crippen MR) is 54.6 cm³/mol. The molecule has 1 aromatic rings. The first kappa shape index (κ1) is 12.4. The van der Waals surface area contributed by atoms with Crippen molar-refractivity contribution in [1.82, 2.24) is 0 Å². The van der Waals surface area contributed by atoms with Crippen LogP contribution in [0.2, 0.25) is 0 Å². The van der Waals surface area contributed by atoms with E-state index in [0.717, 1.165) is 0 Å². The average Bonchev–Trinajstić information content (AvgIpc) is 2.05. The normalized spacial score (nSPS) is 11.9. The van der Waals surface area contributed by atoms with E-state index >= 15 is 0 Å². The maximum absolute atomic E-state index is 12.0. The summed E-state index contributed by atoms with van der Waals surface area (Å²) in [7, 11) is 0. The van der Waals surface area contributed by atoms with Gasteiger partial charge in [-0.25, -0.2) is 0 Å². The zero-order valence-electron chi connectivity index (χ0n) is 7.94. The Labute approximate surface area is 94.4 Å². The Hall–Kier alpha value is -0.710. The maximum Gasteiger partial charge on any atom is 0.573 e. The number of rotatable bonds is 2. The van der Waals surface area contributed by atoms with Gasteiger partial charge in [-0.05, 0) is 36.6 Å². The molecule has 15 heavy (non-hydrogen) atoms. The summed E-state index contributed by atoms with van der Waals surface area (Å²) in [6, 6.07) is 4.33. The third-order valence-corrected chi connectivity index (χ3v) is 2.22. The highest BCUT2D eigenvalue weighted by molar-refractivity contribution is 9.10. The third kappa shape index (κ3) is 3.74. The van der Waals surface area contributed by atoms with Gasteiger partial charge >= 0.3 is 6.36 Å². The molecule has 1 nitrogen and oxygen atoms in total. The van der Waals surface area contributed by atoms with Crippen molar-refractivity contribution >= 4 is 15.9 Å². The molecule has 0 amide bonds. The lowest BCUT2D eigenvalue weighted by atomic mass is 10.0. The minimum atomic E-state index is -4.67. The van der Waals surface area contributed by atoms with Crippen molar-refractivity contribution in [3.63, 3.8) is 0 Å². The summed E-state index contributed by atoms with van der Waals surface area (Å²) < 4.78 is 40.7. The van der Waals surface area contributed by atoms with Crippen molar-refractivity contribution in [2.45, 2.75) is 19.2 Å². The summed E-state index contributed by atoms with van der Waals surface area (Å²) in [6.45, 7) is 5.37. The van der Waals surface area contributed by atoms with Gasteiger partial charge in [0.2, 0.25) is 0 Å². The zero-order chi connectivity index (χ0) is 11.6. The summed E-state index contributed by atoms with van der Waals surface area (Å²) in [5.74, 6) is -0.479. The molecule has 0 aromatic heterocycles. The third-order valence-electron chi connectivity index (χ3n) is 1.73. The second-order valence-corrected chi connectivity index (χ2v) is 4.05. The molecule has 1 atom stereocenters. The lowest BCUT2D eigenvalue weighted by molar-refractivity contribution is -0.274. The van der Waals surface area contributed by atoms with E-state index < -0.39 is 6.36 Å². The van der Waals surface area contributed by atoms with E-state index in [1.165, 1.54) is 12.1 Å². The number of alkyl halides is 3. The summed E-state index contributed by atoms with van der Waals surface area (Å²) in [5.41, 5.74) is 0.418. The fraction of sp³-hybridized carbons (Fsp3) is 0.300. The average molecular weight is 282 g/mol. The molecule has 0 aliphatic carbocycles. The summed E-state index contributed by atoms with van der Waals surface area (Å²) in [6.07, 6.45) is -4.67. The van der Waals surface area contributed by atoms with Gasteiger partial charge in [0.25, 0.3) is 0 Å². The largest absolute Gasteiger partial charge is 0.573 e. The first-order valence-corrected chi connectivity index (χ1v) is 4.97. The van der Waals surface area contributed by atoms with Gasteiger partial charge in [0.05, 0.1) is 0 Å². The Balaban J connectivity index is 3.06. The lowest BCUT2D eigenvalue weighted by Crippen LogP contribution is -2.18. The minimum Gasteiger partial charge on any atom is -0.405 e. The van der Waals surface area contributed by atoms with E-state index in [4.69, 9.17) is 0 Å². The molecule has 83 valence electrons. The number of hydrogen-bond acceptors (Lipinski definition) is 1. The van der Waals surface area contributed by atoms with E-state index in [1.54, 1.807) is 13.0 Å². The predicted octanol–water partition coefficient (Wildman–Crippen LogP) is 4.29. The second kappa shape index (κ2) is 4.43. The van der Waals surface area contributed by atoms with Crippen LogP contribution in [0.5, 0.6) is 5.75 Å². The number of ether oxygens (including phenoxy) is 1. The number of benzene rings is 1. The van der Waals surface area contributed by atoms with Crippen LogP contribution >= 0.6 is 15.9 Å². The molecule has 1 radical (unpaired) electrons. The SMILES string of the molecule is [CH2]C(C)c1cc(Br)ccc1OC(F)(F)F. The molecule has 1 aromatic carbocycles. The Kier molecular flexibility index (Phi) is 3.65. The van der Waals surface area contributed by atoms with Gasteiger partial charge < -0.3 is 4.74 Å². The molecule has 0 heterocycles. The van der Waals surface area contributed by atoms with Crippen LogP contribution in [0.1, 0.15) is 18.4 Å². The van der Waals surface area contributed by atoms with Crippen LogP contribution in [0.25, 0.3) is 0 Å². The molecule has 0 N–H and O–H groups in total. The zero-order valence-corrected chi connectivity index (χ0v) is 9.52. The van der Waals surface area contributed by atoms with Crippen LogP contribution in [0.15, 0.2) is 22.7 Å². The minimum absolute atomic E-state index is 0.201. The summed E-state index contributed by atoms with van der Waals surface area (Å²) in [4.78, 5) is 0. The first-order chi connectivity index (χ1) is 6.79. The highest BCUT2D eigenvalue weighted by atomic mass is 79.9. The first-order valence-electron chi connectivity index (χ1n) is 4.18. The van der Waals surface area contributed by atoms with Gasteiger partial charge in [0, 0.05) is 4.47 Å². The standard InChI is InChI=1S/C10H9BrF3O/c1-6(2)8-5-7(11)3-4-9(8)15-10(12,13)14/h3-6H,1H2,2H3. The van der Waals surface area contributed by atoms with Crippen molar-refractivity contribution in [3.05, 3.63) is 35.2 Å². The molecule has 0 aliphatic heterocycles. The molecule has 0 spiro atoms. The quantitative estimate of drug-likeness (QED) is 0.786. The molecule has 0 saturated heterocycles. The highest BCUT2D eigenvalue weighted by Gasteiger charge is 2.32. The van der Waals surface area contributed by atoms with Crippen molar-refractivity contribution in [2.24, 2.45) is 0 Å². The molecule has 5 heteroatoms. The smallest absolute Gasteiger partial charge is 0.405 e. The fourth-order valence-corrected chi connectivity index (χ4v) is 1.50. The second-order valence-electron chi connectivity index (χ2n) is 3.13. The number of hydrogen-bond donors (Lipinski definition) is 0. The van der Waals surface area contributed by atoms with Crippen LogP contribution in [0.4, 0.5) is 13.2 Å². The van der Waals surface area contributed by atoms with E-state index in [1.807, 2.05) is 0 Å². The summed E-state index contributed by atoms with van der Waals surface area (Å²) >= 11 is 3.18. The van der Waals surface area contributed by atoms with Crippen LogP contribution in [-0.4, -0.2) is 6.36 Å². The molecule has 1 rings (SSSR count). The molecule has 1 unspecified atom stereocenters. The van der Waals surface area contributed by atoms with Crippen LogP contribution < -0.4 is 4.74 Å². The van der Waals surface area contributed by atoms with Crippen LogP contribution in [0, 0.1) is 6.92 Å². The van der Waals surface area contributed by atoms with Gasteiger partial charge in [-0.2, -0.15) is 0 Å². The molecule has 0 fully saturated rings.